The van der Waals surface area contributed by atoms with Crippen molar-refractivity contribution in [1.82, 2.24) is 14.8 Å². The van der Waals surface area contributed by atoms with E-state index in [0.717, 1.165) is 24.4 Å². The third kappa shape index (κ3) is 4.10. The minimum absolute atomic E-state index is 0.152. The molecule has 1 saturated carbocycles. The van der Waals surface area contributed by atoms with Crippen LogP contribution in [0.4, 0.5) is 5.69 Å². The Morgan fingerprint density at radius 1 is 1.39 bits per heavy atom. The molecule has 0 spiro atoms. The Hall–Kier alpha value is -3.05. The summed E-state index contributed by atoms with van der Waals surface area (Å²) in [5.41, 5.74) is 1.11. The Kier molecular flexibility index (Phi) is 5.17. The van der Waals surface area contributed by atoms with E-state index in [-0.39, 0.29) is 11.2 Å². The average Bonchev–Trinajstić information content (AvgIpc) is 3.27. The van der Waals surface area contributed by atoms with Crippen LogP contribution in [0.3, 0.4) is 0 Å². The van der Waals surface area contributed by atoms with Gasteiger partial charge < -0.3 is 9.73 Å². The highest BCUT2D eigenvalue weighted by molar-refractivity contribution is 8.00. The largest absolute Gasteiger partial charge is 0.467 e. The number of aromatic nitrogens is 3. The molecule has 0 saturated heterocycles. The fourth-order valence-corrected chi connectivity index (χ4v) is 3.72. The molecule has 28 heavy (non-hydrogen) atoms. The number of carbonyl (C=O) groups excluding carboxylic acids is 1. The first-order valence-corrected chi connectivity index (χ1v) is 9.95. The highest BCUT2D eigenvalue weighted by Crippen LogP contribution is 2.40. The molecule has 1 aliphatic rings. The van der Waals surface area contributed by atoms with Crippen LogP contribution in [-0.4, -0.2) is 25.9 Å². The van der Waals surface area contributed by atoms with Crippen molar-refractivity contribution in [2.24, 2.45) is 0 Å². The van der Waals surface area contributed by atoms with E-state index in [0.29, 0.717) is 28.9 Å². The molecular weight excluding hydrogens is 374 g/mol. The number of hydrogen-bond acceptors (Lipinski definition) is 6. The zero-order valence-electron chi connectivity index (χ0n) is 15.3. The van der Waals surface area contributed by atoms with Crippen molar-refractivity contribution < 1.29 is 9.21 Å². The van der Waals surface area contributed by atoms with E-state index in [1.165, 1.54) is 11.8 Å². The van der Waals surface area contributed by atoms with Crippen molar-refractivity contribution in [3.8, 4) is 6.07 Å². The Bertz CT molecular complexity index is 1020. The van der Waals surface area contributed by atoms with Crippen molar-refractivity contribution in [1.29, 1.82) is 5.26 Å². The van der Waals surface area contributed by atoms with Crippen LogP contribution in [0.1, 0.15) is 42.8 Å². The van der Waals surface area contributed by atoms with Gasteiger partial charge in [-0.25, -0.2) is 0 Å². The number of benzene rings is 1. The summed E-state index contributed by atoms with van der Waals surface area (Å²) in [5.74, 6) is 2.07. The zero-order chi connectivity index (χ0) is 19.5. The summed E-state index contributed by atoms with van der Waals surface area (Å²) in [6.45, 7) is 2.38. The minimum Gasteiger partial charge on any atom is -0.467 e. The van der Waals surface area contributed by atoms with Crippen LogP contribution in [0.25, 0.3) is 0 Å². The Balaban J connectivity index is 1.48. The van der Waals surface area contributed by atoms with Gasteiger partial charge >= 0.3 is 0 Å². The van der Waals surface area contributed by atoms with Crippen molar-refractivity contribution in [2.45, 2.75) is 42.6 Å². The number of furan rings is 1. The van der Waals surface area contributed by atoms with E-state index in [1.807, 2.05) is 23.6 Å². The predicted molar refractivity (Wildman–Crippen MR) is 105 cm³/mol. The van der Waals surface area contributed by atoms with Gasteiger partial charge in [0, 0.05) is 11.6 Å². The van der Waals surface area contributed by atoms with Crippen LogP contribution in [0.2, 0.25) is 0 Å². The van der Waals surface area contributed by atoms with E-state index < -0.39 is 0 Å². The molecule has 3 aromatic rings. The molecule has 1 N–H and O–H groups in total. The Labute approximate surface area is 166 Å². The zero-order valence-corrected chi connectivity index (χ0v) is 16.1. The number of carbonyl (C=O) groups is 1. The van der Waals surface area contributed by atoms with E-state index in [9.17, 15) is 4.79 Å². The number of anilines is 1. The SMILES string of the molecule is CC(Sc1nnc(C2CC2)n1Cc1ccco1)C(=O)Nc1cccc(C#N)c1. The van der Waals surface area contributed by atoms with E-state index in [4.69, 9.17) is 9.68 Å². The highest BCUT2D eigenvalue weighted by atomic mass is 32.2. The summed E-state index contributed by atoms with van der Waals surface area (Å²) >= 11 is 1.37. The van der Waals surface area contributed by atoms with Gasteiger partial charge in [0.2, 0.25) is 5.91 Å². The van der Waals surface area contributed by atoms with Crippen LogP contribution in [0.5, 0.6) is 0 Å². The molecule has 1 aromatic carbocycles. The maximum Gasteiger partial charge on any atom is 0.237 e. The van der Waals surface area contributed by atoms with E-state index in [2.05, 4.69) is 21.6 Å². The molecule has 7 nitrogen and oxygen atoms in total. The second-order valence-corrected chi connectivity index (χ2v) is 8.03. The van der Waals surface area contributed by atoms with Gasteiger partial charge in [0.1, 0.15) is 11.6 Å². The van der Waals surface area contributed by atoms with Crippen molar-refractivity contribution in [3.05, 3.63) is 59.8 Å². The second kappa shape index (κ2) is 7.90. The molecule has 8 heteroatoms. The fraction of sp³-hybridized carbons (Fsp3) is 0.300. The molecule has 0 aliphatic heterocycles. The van der Waals surface area contributed by atoms with Crippen molar-refractivity contribution in [3.63, 3.8) is 0 Å². The van der Waals surface area contributed by atoms with Crippen molar-refractivity contribution in [2.75, 3.05) is 5.32 Å². The summed E-state index contributed by atoms with van der Waals surface area (Å²) in [4.78, 5) is 12.6. The van der Waals surface area contributed by atoms with E-state index in [1.54, 1.807) is 30.5 Å². The maximum absolute atomic E-state index is 12.6. The molecular formula is C20H19N5O2S. The predicted octanol–water partition coefficient (Wildman–Crippen LogP) is 3.79. The number of nitrogens with zero attached hydrogens (tertiary/aromatic N) is 4. The number of nitrogens with one attached hydrogen (secondary N) is 1. The van der Waals surface area contributed by atoms with Crippen LogP contribution >= 0.6 is 11.8 Å². The number of nitriles is 1. The second-order valence-electron chi connectivity index (χ2n) is 6.72. The third-order valence-electron chi connectivity index (χ3n) is 4.49. The van der Waals surface area contributed by atoms with Crippen LogP contribution in [0.15, 0.2) is 52.2 Å². The number of hydrogen-bond donors (Lipinski definition) is 1. The first-order chi connectivity index (χ1) is 13.6. The van der Waals surface area contributed by atoms with Gasteiger partial charge in [-0.3, -0.25) is 9.36 Å². The van der Waals surface area contributed by atoms with Crippen molar-refractivity contribution >= 4 is 23.4 Å². The van der Waals surface area contributed by atoms with E-state index >= 15 is 0 Å². The van der Waals surface area contributed by atoms with Gasteiger partial charge in [-0.15, -0.1) is 10.2 Å². The summed E-state index contributed by atoms with van der Waals surface area (Å²) in [5, 5.41) is 20.9. The van der Waals surface area contributed by atoms with Gasteiger partial charge in [-0.1, -0.05) is 17.8 Å². The Morgan fingerprint density at radius 3 is 2.96 bits per heavy atom. The molecule has 1 amide bonds. The average molecular weight is 393 g/mol. The summed E-state index contributed by atoms with van der Waals surface area (Å²) in [6.07, 6.45) is 3.88. The Morgan fingerprint density at radius 2 is 2.25 bits per heavy atom. The number of rotatable bonds is 7. The molecule has 2 heterocycles. The highest BCUT2D eigenvalue weighted by Gasteiger charge is 2.31. The lowest BCUT2D eigenvalue weighted by atomic mass is 10.2. The van der Waals surface area contributed by atoms with Gasteiger partial charge in [0.15, 0.2) is 5.16 Å². The summed E-state index contributed by atoms with van der Waals surface area (Å²) < 4.78 is 7.52. The molecule has 0 bridgehead atoms. The molecule has 142 valence electrons. The third-order valence-corrected chi connectivity index (χ3v) is 5.57. The molecule has 1 aliphatic carbocycles. The summed E-state index contributed by atoms with van der Waals surface area (Å²) in [6, 6.07) is 12.7. The topological polar surface area (TPSA) is 96.7 Å². The first kappa shape index (κ1) is 18.3. The molecule has 0 radical (unpaired) electrons. The smallest absolute Gasteiger partial charge is 0.237 e. The molecule has 1 unspecified atom stereocenters. The van der Waals surface area contributed by atoms with Crippen LogP contribution < -0.4 is 5.32 Å². The monoisotopic (exact) mass is 393 g/mol. The minimum atomic E-state index is -0.377. The lowest BCUT2D eigenvalue weighted by molar-refractivity contribution is -0.115. The quantitative estimate of drug-likeness (QED) is 0.614. The van der Waals surface area contributed by atoms with Gasteiger partial charge in [-0.2, -0.15) is 5.26 Å². The molecule has 1 fully saturated rings. The standard InChI is InChI=1S/C20H19N5O2S/c1-13(19(26)22-16-5-2-4-14(10-16)11-21)28-20-24-23-18(15-7-8-15)25(20)12-17-6-3-9-27-17/h2-6,9-10,13,15H,7-8,12H2,1H3,(H,22,26). The maximum atomic E-state index is 12.6. The summed E-state index contributed by atoms with van der Waals surface area (Å²) in [7, 11) is 0. The first-order valence-electron chi connectivity index (χ1n) is 9.07. The van der Waals surface area contributed by atoms with Crippen LogP contribution in [0, 0.1) is 11.3 Å². The van der Waals surface area contributed by atoms with Gasteiger partial charge in [-0.05, 0) is 50.1 Å². The van der Waals surface area contributed by atoms with Gasteiger partial charge in [0.25, 0.3) is 0 Å². The molecule has 1 atom stereocenters. The van der Waals surface area contributed by atoms with Gasteiger partial charge in [0.05, 0.1) is 29.7 Å². The number of thioether (sulfide) groups is 1. The number of amides is 1. The fourth-order valence-electron chi connectivity index (χ4n) is 2.86. The molecule has 4 rings (SSSR count). The lowest BCUT2D eigenvalue weighted by Crippen LogP contribution is -2.23. The van der Waals surface area contributed by atoms with Crippen LogP contribution in [-0.2, 0) is 11.3 Å². The molecule has 2 aromatic heterocycles. The normalized spacial score (nSPS) is 14.4. The lowest BCUT2D eigenvalue weighted by Gasteiger charge is -2.13.